The number of likely N-dealkylation sites (tertiary alicyclic amines) is 1. The Bertz CT molecular complexity index is 782. The minimum Gasteiger partial charge on any atom is -0.365 e. The van der Waals surface area contributed by atoms with Gasteiger partial charge in [0.2, 0.25) is 11.8 Å². The van der Waals surface area contributed by atoms with Gasteiger partial charge in [0.25, 0.3) is 0 Å². The molecule has 1 aliphatic rings. The van der Waals surface area contributed by atoms with Crippen LogP contribution in [0.3, 0.4) is 0 Å². The fourth-order valence-corrected chi connectivity index (χ4v) is 4.47. The SMILES string of the molecule is CNc1nc(C2(c3ccccc3)CCN(C(=O)CCNC(C)=O)CC2)cs1. The predicted octanol–water partition coefficient (Wildman–Crippen LogP) is 2.62. The van der Waals surface area contributed by atoms with E-state index in [0.29, 0.717) is 26.1 Å². The van der Waals surface area contributed by atoms with E-state index in [1.54, 1.807) is 11.3 Å². The van der Waals surface area contributed by atoms with Crippen molar-refractivity contribution in [3.05, 3.63) is 47.0 Å². The number of benzene rings is 1. The Morgan fingerprint density at radius 3 is 2.52 bits per heavy atom. The number of aromatic nitrogens is 1. The number of hydrogen-bond acceptors (Lipinski definition) is 5. The van der Waals surface area contributed by atoms with Crippen molar-refractivity contribution < 1.29 is 9.59 Å². The van der Waals surface area contributed by atoms with Crippen LogP contribution in [0.1, 0.15) is 37.4 Å². The lowest BCUT2D eigenvalue weighted by atomic mass is 9.70. The van der Waals surface area contributed by atoms with Gasteiger partial charge in [-0.2, -0.15) is 0 Å². The van der Waals surface area contributed by atoms with Crippen molar-refractivity contribution in [2.75, 3.05) is 32.0 Å². The quantitative estimate of drug-likeness (QED) is 0.800. The Hall–Kier alpha value is -2.41. The van der Waals surface area contributed by atoms with Gasteiger partial charge in [0.1, 0.15) is 0 Å². The topological polar surface area (TPSA) is 74.3 Å². The molecule has 0 aliphatic carbocycles. The maximum absolute atomic E-state index is 12.5. The largest absolute Gasteiger partial charge is 0.365 e. The molecule has 7 heteroatoms. The van der Waals surface area contributed by atoms with Gasteiger partial charge in [-0.25, -0.2) is 4.98 Å². The third-order valence-corrected chi connectivity index (χ3v) is 6.08. The van der Waals surface area contributed by atoms with Gasteiger partial charge in [-0.05, 0) is 18.4 Å². The van der Waals surface area contributed by atoms with Crippen LogP contribution in [-0.2, 0) is 15.0 Å². The van der Waals surface area contributed by atoms with E-state index in [1.807, 2.05) is 18.0 Å². The van der Waals surface area contributed by atoms with Gasteiger partial charge in [0.15, 0.2) is 5.13 Å². The molecule has 3 rings (SSSR count). The van der Waals surface area contributed by atoms with E-state index in [-0.39, 0.29) is 17.2 Å². The molecular formula is C20H26N4O2S. The zero-order valence-corrected chi connectivity index (χ0v) is 16.6. The molecule has 6 nitrogen and oxygen atoms in total. The Balaban J connectivity index is 1.75. The fourth-order valence-electron chi connectivity index (χ4n) is 3.70. The van der Waals surface area contributed by atoms with E-state index in [4.69, 9.17) is 4.98 Å². The first-order valence-corrected chi connectivity index (χ1v) is 10.1. The number of carbonyl (C=O) groups is 2. The molecule has 1 saturated heterocycles. The van der Waals surface area contributed by atoms with Gasteiger partial charge in [-0.15, -0.1) is 11.3 Å². The number of thiazole rings is 1. The summed E-state index contributed by atoms with van der Waals surface area (Å²) in [7, 11) is 1.88. The number of anilines is 1. The predicted molar refractivity (Wildman–Crippen MR) is 108 cm³/mol. The van der Waals surface area contributed by atoms with Crippen LogP contribution in [0.15, 0.2) is 35.7 Å². The zero-order chi connectivity index (χ0) is 19.3. The van der Waals surface area contributed by atoms with E-state index in [1.165, 1.54) is 12.5 Å². The molecule has 0 atom stereocenters. The molecular weight excluding hydrogens is 360 g/mol. The summed E-state index contributed by atoms with van der Waals surface area (Å²) in [6.07, 6.45) is 2.03. The molecule has 144 valence electrons. The molecule has 1 fully saturated rings. The van der Waals surface area contributed by atoms with Crippen molar-refractivity contribution in [1.29, 1.82) is 0 Å². The maximum Gasteiger partial charge on any atom is 0.224 e. The highest BCUT2D eigenvalue weighted by molar-refractivity contribution is 7.13. The van der Waals surface area contributed by atoms with E-state index in [0.717, 1.165) is 23.7 Å². The molecule has 1 aromatic heterocycles. The van der Waals surface area contributed by atoms with E-state index < -0.39 is 0 Å². The average molecular weight is 387 g/mol. The summed E-state index contributed by atoms with van der Waals surface area (Å²) < 4.78 is 0. The normalized spacial score (nSPS) is 16.0. The molecule has 0 spiro atoms. The molecule has 1 aliphatic heterocycles. The summed E-state index contributed by atoms with van der Waals surface area (Å²) in [6.45, 7) is 3.25. The fraction of sp³-hybridized carbons (Fsp3) is 0.450. The Morgan fingerprint density at radius 1 is 1.22 bits per heavy atom. The summed E-state index contributed by atoms with van der Waals surface area (Å²) in [5, 5.41) is 8.86. The Kier molecular flexibility index (Phi) is 6.11. The minimum atomic E-state index is -0.165. The number of nitrogens with zero attached hydrogens (tertiary/aromatic N) is 2. The van der Waals surface area contributed by atoms with Gasteiger partial charge in [-0.3, -0.25) is 9.59 Å². The molecule has 0 bridgehead atoms. The van der Waals surface area contributed by atoms with Crippen LogP contribution in [0.2, 0.25) is 0 Å². The summed E-state index contributed by atoms with van der Waals surface area (Å²) in [5.41, 5.74) is 2.16. The van der Waals surface area contributed by atoms with Gasteiger partial charge in [-0.1, -0.05) is 30.3 Å². The van der Waals surface area contributed by atoms with Crippen molar-refractivity contribution in [1.82, 2.24) is 15.2 Å². The molecule has 0 radical (unpaired) electrons. The maximum atomic E-state index is 12.5. The van der Waals surface area contributed by atoms with Crippen LogP contribution >= 0.6 is 11.3 Å². The lowest BCUT2D eigenvalue weighted by Gasteiger charge is -2.41. The first-order valence-electron chi connectivity index (χ1n) is 9.26. The van der Waals surface area contributed by atoms with Crippen LogP contribution in [-0.4, -0.2) is 48.4 Å². The average Bonchev–Trinajstić information content (AvgIpc) is 3.18. The lowest BCUT2D eigenvalue weighted by Crippen LogP contribution is -2.46. The van der Waals surface area contributed by atoms with Crippen LogP contribution in [0, 0.1) is 0 Å². The minimum absolute atomic E-state index is 0.0969. The highest BCUT2D eigenvalue weighted by Gasteiger charge is 2.40. The highest BCUT2D eigenvalue weighted by Crippen LogP contribution is 2.42. The highest BCUT2D eigenvalue weighted by atomic mass is 32.1. The summed E-state index contributed by atoms with van der Waals surface area (Å²) in [5.74, 6) is -0.00647. The molecule has 0 saturated carbocycles. The molecule has 27 heavy (non-hydrogen) atoms. The molecule has 2 N–H and O–H groups in total. The number of hydrogen-bond donors (Lipinski definition) is 2. The van der Waals surface area contributed by atoms with Gasteiger partial charge < -0.3 is 15.5 Å². The van der Waals surface area contributed by atoms with Crippen molar-refractivity contribution in [2.45, 2.75) is 31.6 Å². The molecule has 2 heterocycles. The standard InChI is InChI=1S/C20H26N4O2S/c1-15(25)22-11-8-18(26)24-12-9-20(10-13-24,16-6-4-3-5-7-16)17-14-27-19(21-2)23-17/h3-7,14H,8-13H2,1-2H3,(H,21,23)(H,22,25). The monoisotopic (exact) mass is 386 g/mol. The van der Waals surface area contributed by atoms with Crippen molar-refractivity contribution in [3.63, 3.8) is 0 Å². The molecule has 1 aromatic carbocycles. The third kappa shape index (κ3) is 4.30. The van der Waals surface area contributed by atoms with Crippen LogP contribution in [0.4, 0.5) is 5.13 Å². The summed E-state index contributed by atoms with van der Waals surface area (Å²) >= 11 is 1.61. The van der Waals surface area contributed by atoms with E-state index in [2.05, 4.69) is 40.3 Å². The van der Waals surface area contributed by atoms with Gasteiger partial charge >= 0.3 is 0 Å². The van der Waals surface area contributed by atoms with Crippen LogP contribution in [0.5, 0.6) is 0 Å². The summed E-state index contributed by atoms with van der Waals surface area (Å²) in [4.78, 5) is 30.2. The lowest BCUT2D eigenvalue weighted by molar-refractivity contribution is -0.132. The number of nitrogens with one attached hydrogen (secondary N) is 2. The second-order valence-electron chi connectivity index (χ2n) is 6.85. The smallest absolute Gasteiger partial charge is 0.224 e. The van der Waals surface area contributed by atoms with E-state index in [9.17, 15) is 9.59 Å². The van der Waals surface area contributed by atoms with E-state index >= 15 is 0 Å². The Labute approximate surface area is 164 Å². The first kappa shape index (κ1) is 19.4. The second-order valence-corrected chi connectivity index (χ2v) is 7.71. The molecule has 0 unspecified atom stereocenters. The van der Waals surface area contributed by atoms with Gasteiger partial charge in [0, 0.05) is 50.8 Å². The number of carbonyl (C=O) groups excluding carboxylic acids is 2. The van der Waals surface area contributed by atoms with Crippen molar-refractivity contribution in [2.24, 2.45) is 0 Å². The Morgan fingerprint density at radius 2 is 1.93 bits per heavy atom. The van der Waals surface area contributed by atoms with Crippen molar-refractivity contribution in [3.8, 4) is 0 Å². The van der Waals surface area contributed by atoms with Crippen molar-refractivity contribution >= 4 is 28.3 Å². The van der Waals surface area contributed by atoms with Gasteiger partial charge in [0.05, 0.1) is 5.69 Å². The first-order chi connectivity index (χ1) is 13.0. The molecule has 2 aromatic rings. The van der Waals surface area contributed by atoms with Crippen LogP contribution in [0.25, 0.3) is 0 Å². The molecule has 2 amide bonds. The number of piperidine rings is 1. The second kappa shape index (κ2) is 8.52. The summed E-state index contributed by atoms with van der Waals surface area (Å²) in [6, 6.07) is 10.5. The third-order valence-electron chi connectivity index (χ3n) is 5.22. The zero-order valence-electron chi connectivity index (χ0n) is 15.8. The number of rotatable bonds is 6. The van der Waals surface area contributed by atoms with Crippen LogP contribution < -0.4 is 10.6 Å². The number of amides is 2.